The molecule has 0 saturated carbocycles. The fraction of sp³-hybridized carbons (Fsp3) is 0.208. The van der Waals surface area contributed by atoms with E-state index in [9.17, 15) is 4.79 Å². The topological polar surface area (TPSA) is 111 Å². The van der Waals surface area contributed by atoms with E-state index in [-0.39, 0.29) is 0 Å². The van der Waals surface area contributed by atoms with E-state index in [2.05, 4.69) is 22.3 Å². The molecule has 4 N–H and O–H groups in total. The second-order valence-corrected chi connectivity index (χ2v) is 7.23. The zero-order valence-corrected chi connectivity index (χ0v) is 18.0. The molecule has 0 spiro atoms. The van der Waals surface area contributed by atoms with E-state index in [1.807, 2.05) is 66.3 Å². The van der Waals surface area contributed by atoms with Crippen LogP contribution in [0, 0.1) is 5.92 Å². The number of rotatable bonds is 7. The number of primary amides is 1. The molecule has 0 aliphatic carbocycles. The summed E-state index contributed by atoms with van der Waals surface area (Å²) < 4.78 is 7.68. The SMILES string of the molecule is C=CC=O.CNCC1CNc2c(C(N)=O)c(-c3ccc(Oc4ccccc4)cc3)nn2C1. The maximum atomic E-state index is 12.1. The van der Waals surface area contributed by atoms with Crippen molar-refractivity contribution in [1.29, 1.82) is 0 Å². The maximum Gasteiger partial charge on any atom is 0.254 e. The zero-order chi connectivity index (χ0) is 22.9. The lowest BCUT2D eigenvalue weighted by atomic mass is 10.1. The summed E-state index contributed by atoms with van der Waals surface area (Å²) in [6, 6.07) is 17.1. The number of aldehydes is 1. The van der Waals surface area contributed by atoms with Gasteiger partial charge >= 0.3 is 0 Å². The predicted molar refractivity (Wildman–Crippen MR) is 125 cm³/mol. The molecule has 1 atom stereocenters. The van der Waals surface area contributed by atoms with Gasteiger partial charge < -0.3 is 21.1 Å². The van der Waals surface area contributed by atoms with Gasteiger partial charge in [0.15, 0.2) is 0 Å². The Kier molecular flexibility index (Phi) is 7.77. The molecule has 1 aliphatic heterocycles. The van der Waals surface area contributed by atoms with Crippen LogP contribution in [0.2, 0.25) is 0 Å². The fourth-order valence-corrected chi connectivity index (χ4v) is 3.49. The highest BCUT2D eigenvalue weighted by Crippen LogP contribution is 2.32. The molecule has 1 aromatic heterocycles. The number of amides is 1. The van der Waals surface area contributed by atoms with Gasteiger partial charge in [-0.1, -0.05) is 24.8 Å². The van der Waals surface area contributed by atoms with Gasteiger partial charge in [0.05, 0.1) is 0 Å². The molecule has 1 amide bonds. The van der Waals surface area contributed by atoms with Gasteiger partial charge in [0, 0.05) is 31.1 Å². The van der Waals surface area contributed by atoms with Crippen LogP contribution in [-0.4, -0.2) is 42.1 Å². The number of anilines is 1. The van der Waals surface area contributed by atoms with Crippen LogP contribution in [0.3, 0.4) is 0 Å². The number of nitrogens with zero attached hydrogens (tertiary/aromatic N) is 2. The van der Waals surface area contributed by atoms with E-state index in [0.29, 0.717) is 35.0 Å². The van der Waals surface area contributed by atoms with Crippen molar-refractivity contribution in [3.63, 3.8) is 0 Å². The van der Waals surface area contributed by atoms with Crippen LogP contribution in [0.15, 0.2) is 67.3 Å². The number of fused-ring (bicyclic) bond motifs is 1. The number of carbonyl (C=O) groups is 2. The number of para-hydroxylation sites is 1. The molecule has 3 aromatic rings. The normalized spacial score (nSPS) is 14.2. The third-order valence-corrected chi connectivity index (χ3v) is 4.88. The van der Waals surface area contributed by atoms with Crippen LogP contribution in [0.1, 0.15) is 10.4 Å². The Morgan fingerprint density at radius 3 is 2.50 bits per heavy atom. The van der Waals surface area contributed by atoms with Crippen molar-refractivity contribution in [3.8, 4) is 22.8 Å². The highest BCUT2D eigenvalue weighted by Gasteiger charge is 2.28. The number of ether oxygens (including phenoxy) is 1. The summed E-state index contributed by atoms with van der Waals surface area (Å²) in [6.07, 6.45) is 1.83. The molecule has 0 bridgehead atoms. The number of aromatic nitrogens is 2. The summed E-state index contributed by atoms with van der Waals surface area (Å²) in [5.74, 6) is 2.09. The minimum absolute atomic E-state index is 0.396. The van der Waals surface area contributed by atoms with Crippen LogP contribution in [0.25, 0.3) is 11.3 Å². The largest absolute Gasteiger partial charge is 0.457 e. The monoisotopic (exact) mass is 433 g/mol. The van der Waals surface area contributed by atoms with E-state index in [4.69, 9.17) is 15.3 Å². The molecule has 4 rings (SSSR count). The van der Waals surface area contributed by atoms with Crippen molar-refractivity contribution in [2.45, 2.75) is 6.54 Å². The highest BCUT2D eigenvalue weighted by molar-refractivity contribution is 6.03. The molecule has 0 radical (unpaired) electrons. The predicted octanol–water partition coefficient (Wildman–Crippen LogP) is 3.07. The molecule has 1 unspecified atom stereocenters. The Morgan fingerprint density at radius 1 is 1.25 bits per heavy atom. The maximum absolute atomic E-state index is 12.1. The number of nitrogens with one attached hydrogen (secondary N) is 2. The Balaban J connectivity index is 0.000000668. The lowest BCUT2D eigenvalue weighted by molar-refractivity contribution is -0.104. The summed E-state index contributed by atoms with van der Waals surface area (Å²) in [5, 5.41) is 11.2. The van der Waals surface area contributed by atoms with Crippen molar-refractivity contribution >= 4 is 18.0 Å². The molecular weight excluding hydrogens is 406 g/mol. The molecular formula is C24H27N5O3. The quantitative estimate of drug-likeness (QED) is 0.390. The van der Waals surface area contributed by atoms with E-state index in [1.165, 1.54) is 6.08 Å². The standard InChI is InChI=1S/C21H23N5O2.C3H4O/c1-23-11-14-12-24-21-18(20(22)27)19(25-26(21)13-14)15-7-9-17(10-8-15)28-16-5-3-2-4-6-16;1-2-3-4/h2-10,14,23-24H,11-13H2,1H3,(H2,22,27);2-3H,1H2. The average Bonchev–Trinajstić information content (AvgIpc) is 3.20. The first kappa shape index (κ1) is 22.8. The summed E-state index contributed by atoms with van der Waals surface area (Å²) in [4.78, 5) is 21.2. The van der Waals surface area contributed by atoms with E-state index >= 15 is 0 Å². The van der Waals surface area contributed by atoms with Gasteiger partial charge in [0.1, 0.15) is 34.9 Å². The van der Waals surface area contributed by atoms with E-state index < -0.39 is 5.91 Å². The first-order valence-electron chi connectivity index (χ1n) is 10.3. The molecule has 2 aromatic carbocycles. The fourth-order valence-electron chi connectivity index (χ4n) is 3.49. The number of nitrogens with two attached hydrogens (primary N) is 1. The van der Waals surface area contributed by atoms with Gasteiger partial charge in [0.25, 0.3) is 5.91 Å². The minimum Gasteiger partial charge on any atom is -0.457 e. The summed E-state index contributed by atoms with van der Waals surface area (Å²) in [7, 11) is 1.93. The van der Waals surface area contributed by atoms with Crippen molar-refractivity contribution in [1.82, 2.24) is 15.1 Å². The molecule has 0 fully saturated rings. The van der Waals surface area contributed by atoms with Crippen LogP contribution in [0.5, 0.6) is 11.5 Å². The highest BCUT2D eigenvalue weighted by atomic mass is 16.5. The van der Waals surface area contributed by atoms with E-state index in [0.717, 1.165) is 30.9 Å². The van der Waals surface area contributed by atoms with E-state index in [1.54, 1.807) is 0 Å². The molecule has 8 nitrogen and oxygen atoms in total. The van der Waals surface area contributed by atoms with Crippen LogP contribution < -0.4 is 21.1 Å². The first-order chi connectivity index (χ1) is 15.6. The Labute approximate surface area is 187 Å². The smallest absolute Gasteiger partial charge is 0.254 e. The van der Waals surface area contributed by atoms with Crippen LogP contribution >= 0.6 is 0 Å². The van der Waals surface area contributed by atoms with Crippen LogP contribution in [-0.2, 0) is 11.3 Å². The van der Waals surface area contributed by atoms with Crippen molar-refractivity contribution in [2.75, 3.05) is 25.5 Å². The van der Waals surface area contributed by atoms with Gasteiger partial charge in [0.2, 0.25) is 0 Å². The first-order valence-corrected chi connectivity index (χ1v) is 10.3. The second-order valence-electron chi connectivity index (χ2n) is 7.23. The minimum atomic E-state index is -0.486. The lowest BCUT2D eigenvalue weighted by Gasteiger charge is -2.25. The second kappa shape index (κ2) is 10.9. The molecule has 1 aliphatic rings. The Morgan fingerprint density at radius 2 is 1.91 bits per heavy atom. The Hall–Kier alpha value is -3.91. The number of allylic oxidation sites excluding steroid dienone is 1. The van der Waals surface area contributed by atoms with Gasteiger partial charge in [-0.25, -0.2) is 4.68 Å². The van der Waals surface area contributed by atoms with Gasteiger partial charge in [-0.3, -0.25) is 9.59 Å². The molecule has 2 heterocycles. The van der Waals surface area contributed by atoms with Gasteiger partial charge in [-0.05, 0) is 49.5 Å². The number of hydrogen-bond acceptors (Lipinski definition) is 6. The van der Waals surface area contributed by atoms with Gasteiger partial charge in [-0.2, -0.15) is 5.10 Å². The number of hydrogen-bond donors (Lipinski definition) is 3. The van der Waals surface area contributed by atoms with Crippen molar-refractivity contribution in [3.05, 3.63) is 72.8 Å². The number of benzene rings is 2. The molecule has 166 valence electrons. The number of carbonyl (C=O) groups excluding carboxylic acids is 2. The third-order valence-electron chi connectivity index (χ3n) is 4.88. The third kappa shape index (κ3) is 5.41. The van der Waals surface area contributed by atoms with Gasteiger partial charge in [-0.15, -0.1) is 0 Å². The van der Waals surface area contributed by atoms with Crippen molar-refractivity contribution in [2.24, 2.45) is 11.7 Å². The van der Waals surface area contributed by atoms with Crippen LogP contribution in [0.4, 0.5) is 5.82 Å². The molecule has 32 heavy (non-hydrogen) atoms. The summed E-state index contributed by atoms with van der Waals surface area (Å²) in [5.41, 5.74) is 7.52. The van der Waals surface area contributed by atoms with Crippen molar-refractivity contribution < 1.29 is 14.3 Å². The Bertz CT molecular complexity index is 1060. The lowest BCUT2D eigenvalue weighted by Crippen LogP contribution is -2.34. The zero-order valence-electron chi connectivity index (χ0n) is 18.0. The molecule has 8 heteroatoms. The summed E-state index contributed by atoms with van der Waals surface area (Å²) >= 11 is 0. The summed E-state index contributed by atoms with van der Waals surface area (Å²) in [6.45, 7) is 5.49. The molecule has 0 saturated heterocycles. The average molecular weight is 434 g/mol.